The van der Waals surface area contributed by atoms with Gasteiger partial charge in [-0.2, -0.15) is 0 Å². The maximum Gasteiger partial charge on any atom is 0.161 e. The number of nitrogens with zero attached hydrogens (tertiary/aromatic N) is 2. The number of nitrogens with two attached hydrogens (primary N) is 1. The zero-order chi connectivity index (χ0) is 14.7. The van der Waals surface area contributed by atoms with Crippen molar-refractivity contribution in [2.45, 2.75) is 33.6 Å². The summed E-state index contributed by atoms with van der Waals surface area (Å²) in [5.74, 6) is 1.85. The fraction of sp³-hybridized carbons (Fsp3) is 0.375. The Kier molecular flexibility index (Phi) is 4.76. The fourth-order valence-corrected chi connectivity index (χ4v) is 2.60. The van der Waals surface area contributed by atoms with Gasteiger partial charge in [0.05, 0.1) is 10.2 Å². The summed E-state index contributed by atoms with van der Waals surface area (Å²) in [7, 11) is 0. The topological polar surface area (TPSA) is 51.8 Å². The maximum absolute atomic E-state index is 5.93. The zero-order valence-corrected chi connectivity index (χ0v) is 13.7. The van der Waals surface area contributed by atoms with Crippen LogP contribution in [0.5, 0.6) is 0 Å². The lowest BCUT2D eigenvalue weighted by Gasteiger charge is -2.09. The minimum atomic E-state index is 0.498. The average molecular weight is 334 g/mol. The SMILES string of the molecule is CCc1nc(-c2ccc(CC(C)C)cc2)nc(N)c1Br. The van der Waals surface area contributed by atoms with Crippen molar-refractivity contribution in [3.05, 3.63) is 40.0 Å². The third-order valence-electron chi connectivity index (χ3n) is 3.14. The van der Waals surface area contributed by atoms with Crippen molar-refractivity contribution in [3.63, 3.8) is 0 Å². The number of aromatic nitrogens is 2. The molecule has 0 aliphatic rings. The molecule has 1 aromatic carbocycles. The van der Waals surface area contributed by atoms with Gasteiger partial charge in [0.2, 0.25) is 0 Å². The van der Waals surface area contributed by atoms with Gasteiger partial charge in [-0.05, 0) is 40.3 Å². The number of rotatable bonds is 4. The Labute approximate surface area is 128 Å². The lowest BCUT2D eigenvalue weighted by atomic mass is 10.0. The standard InChI is InChI=1S/C16H20BrN3/c1-4-13-14(17)15(18)20-16(19-13)12-7-5-11(6-8-12)9-10(2)3/h5-8,10H,4,9H2,1-3H3,(H2,18,19,20). The molecule has 2 aromatic rings. The van der Waals surface area contributed by atoms with E-state index in [1.807, 2.05) is 0 Å². The molecule has 3 nitrogen and oxygen atoms in total. The molecule has 1 heterocycles. The summed E-state index contributed by atoms with van der Waals surface area (Å²) in [4.78, 5) is 8.94. The van der Waals surface area contributed by atoms with Gasteiger partial charge in [-0.3, -0.25) is 0 Å². The molecule has 0 unspecified atom stereocenters. The van der Waals surface area contributed by atoms with Crippen LogP contribution in [0.25, 0.3) is 11.4 Å². The molecule has 2 N–H and O–H groups in total. The van der Waals surface area contributed by atoms with Crippen molar-refractivity contribution in [1.82, 2.24) is 9.97 Å². The smallest absolute Gasteiger partial charge is 0.161 e. The van der Waals surface area contributed by atoms with Crippen LogP contribution in [0.15, 0.2) is 28.7 Å². The number of nitrogen functional groups attached to an aromatic ring is 1. The molecule has 4 heteroatoms. The van der Waals surface area contributed by atoms with Gasteiger partial charge < -0.3 is 5.73 Å². The summed E-state index contributed by atoms with van der Waals surface area (Å²) in [6.07, 6.45) is 1.91. The molecule has 106 valence electrons. The number of halogens is 1. The highest BCUT2D eigenvalue weighted by Crippen LogP contribution is 2.25. The van der Waals surface area contributed by atoms with E-state index in [0.717, 1.165) is 28.6 Å². The molecule has 0 aliphatic heterocycles. The van der Waals surface area contributed by atoms with Crippen molar-refractivity contribution in [1.29, 1.82) is 0 Å². The molecule has 20 heavy (non-hydrogen) atoms. The van der Waals surface area contributed by atoms with E-state index in [1.54, 1.807) is 0 Å². The van der Waals surface area contributed by atoms with Gasteiger partial charge in [-0.1, -0.05) is 45.0 Å². The monoisotopic (exact) mass is 333 g/mol. The minimum Gasteiger partial charge on any atom is -0.383 e. The van der Waals surface area contributed by atoms with E-state index in [4.69, 9.17) is 5.73 Å². The van der Waals surface area contributed by atoms with Gasteiger partial charge in [0.15, 0.2) is 5.82 Å². The Morgan fingerprint density at radius 3 is 2.35 bits per heavy atom. The quantitative estimate of drug-likeness (QED) is 0.909. The van der Waals surface area contributed by atoms with Crippen LogP contribution in [0, 0.1) is 5.92 Å². The van der Waals surface area contributed by atoms with Gasteiger partial charge in [0.1, 0.15) is 5.82 Å². The lowest BCUT2D eigenvalue weighted by molar-refractivity contribution is 0.647. The van der Waals surface area contributed by atoms with Gasteiger partial charge in [0.25, 0.3) is 0 Å². The van der Waals surface area contributed by atoms with Gasteiger partial charge in [0, 0.05) is 5.56 Å². The van der Waals surface area contributed by atoms with Crippen molar-refractivity contribution in [2.75, 3.05) is 5.73 Å². The first-order chi connectivity index (χ1) is 9.51. The van der Waals surface area contributed by atoms with Crippen LogP contribution < -0.4 is 5.73 Å². The van der Waals surface area contributed by atoms with Crippen molar-refractivity contribution >= 4 is 21.7 Å². The molecule has 0 bridgehead atoms. The molecule has 0 aliphatic carbocycles. The molecule has 2 rings (SSSR count). The van der Waals surface area contributed by atoms with Crippen LogP contribution in [-0.4, -0.2) is 9.97 Å². The van der Waals surface area contributed by atoms with E-state index < -0.39 is 0 Å². The summed E-state index contributed by atoms with van der Waals surface area (Å²) >= 11 is 3.44. The summed E-state index contributed by atoms with van der Waals surface area (Å²) in [6.45, 7) is 6.50. The highest BCUT2D eigenvalue weighted by atomic mass is 79.9. The maximum atomic E-state index is 5.93. The predicted molar refractivity (Wildman–Crippen MR) is 87.5 cm³/mol. The van der Waals surface area contributed by atoms with Crippen molar-refractivity contribution < 1.29 is 0 Å². The molecule has 0 atom stereocenters. The summed E-state index contributed by atoms with van der Waals surface area (Å²) in [5.41, 5.74) is 9.22. The van der Waals surface area contributed by atoms with Crippen LogP contribution in [0.4, 0.5) is 5.82 Å². The second kappa shape index (κ2) is 6.35. The molecule has 0 saturated carbocycles. The molecular weight excluding hydrogens is 314 g/mol. The first-order valence-corrected chi connectivity index (χ1v) is 7.71. The Morgan fingerprint density at radius 1 is 1.15 bits per heavy atom. The first-order valence-electron chi connectivity index (χ1n) is 6.92. The number of hydrogen-bond donors (Lipinski definition) is 1. The van der Waals surface area contributed by atoms with E-state index in [9.17, 15) is 0 Å². The normalized spacial score (nSPS) is 11.1. The highest BCUT2D eigenvalue weighted by Gasteiger charge is 2.10. The van der Waals surface area contributed by atoms with E-state index in [0.29, 0.717) is 17.6 Å². The van der Waals surface area contributed by atoms with E-state index in [1.165, 1.54) is 5.56 Å². The lowest BCUT2D eigenvalue weighted by Crippen LogP contribution is -2.02. The molecule has 0 amide bonds. The summed E-state index contributed by atoms with van der Waals surface area (Å²) in [6, 6.07) is 8.42. The van der Waals surface area contributed by atoms with Crippen molar-refractivity contribution in [3.8, 4) is 11.4 Å². The fourth-order valence-electron chi connectivity index (χ4n) is 2.14. The van der Waals surface area contributed by atoms with Crippen molar-refractivity contribution in [2.24, 2.45) is 5.92 Å². The molecule has 1 aromatic heterocycles. The Morgan fingerprint density at radius 2 is 1.80 bits per heavy atom. The zero-order valence-electron chi connectivity index (χ0n) is 12.2. The van der Waals surface area contributed by atoms with Crippen LogP contribution >= 0.6 is 15.9 Å². The molecule has 0 saturated heterocycles. The van der Waals surface area contributed by atoms with E-state index in [2.05, 4.69) is 70.9 Å². The number of benzene rings is 1. The summed E-state index contributed by atoms with van der Waals surface area (Å²) in [5, 5.41) is 0. The average Bonchev–Trinajstić information content (AvgIpc) is 2.42. The third-order valence-corrected chi connectivity index (χ3v) is 4.00. The largest absolute Gasteiger partial charge is 0.383 e. The van der Waals surface area contributed by atoms with Crippen LogP contribution in [0.3, 0.4) is 0 Å². The second-order valence-electron chi connectivity index (χ2n) is 5.34. The Balaban J connectivity index is 2.34. The summed E-state index contributed by atoms with van der Waals surface area (Å²) < 4.78 is 0.806. The van der Waals surface area contributed by atoms with Gasteiger partial charge in [-0.25, -0.2) is 9.97 Å². The van der Waals surface area contributed by atoms with Gasteiger partial charge >= 0.3 is 0 Å². The third kappa shape index (κ3) is 3.37. The van der Waals surface area contributed by atoms with Crippen LogP contribution in [0.1, 0.15) is 32.0 Å². The highest BCUT2D eigenvalue weighted by molar-refractivity contribution is 9.10. The number of anilines is 1. The molecule has 0 fully saturated rings. The molecule has 0 spiro atoms. The number of hydrogen-bond acceptors (Lipinski definition) is 3. The minimum absolute atomic E-state index is 0.498. The van der Waals surface area contributed by atoms with Crippen LogP contribution in [-0.2, 0) is 12.8 Å². The van der Waals surface area contributed by atoms with Gasteiger partial charge in [-0.15, -0.1) is 0 Å². The van der Waals surface area contributed by atoms with E-state index in [-0.39, 0.29) is 0 Å². The Bertz CT molecular complexity index is 591. The predicted octanol–water partition coefficient (Wildman–Crippen LogP) is 4.25. The van der Waals surface area contributed by atoms with Crippen LogP contribution in [0.2, 0.25) is 0 Å². The second-order valence-corrected chi connectivity index (χ2v) is 6.13. The molecule has 0 radical (unpaired) electrons. The van der Waals surface area contributed by atoms with E-state index >= 15 is 0 Å². The number of aryl methyl sites for hydroxylation is 1. The first kappa shape index (κ1) is 15.0. The molecular formula is C16H20BrN3. The Hall–Kier alpha value is -1.42.